The van der Waals surface area contributed by atoms with Crippen LogP contribution in [0, 0.1) is 12.8 Å². The lowest BCUT2D eigenvalue weighted by molar-refractivity contribution is -0.121. The van der Waals surface area contributed by atoms with Crippen molar-refractivity contribution in [2.45, 2.75) is 33.2 Å². The Balaban J connectivity index is 1.99. The molecule has 2 rings (SSSR count). The van der Waals surface area contributed by atoms with Gasteiger partial charge in [0.25, 0.3) is 5.56 Å². The summed E-state index contributed by atoms with van der Waals surface area (Å²) in [4.78, 5) is 28.6. The van der Waals surface area contributed by atoms with Crippen molar-refractivity contribution in [3.63, 3.8) is 0 Å². The molecule has 0 fully saturated rings. The van der Waals surface area contributed by atoms with Crippen LogP contribution in [0.3, 0.4) is 0 Å². The Hall–Kier alpha value is -2.21. The SMILES string of the molecule is Cc1cccc2c(=O)n(CCC(=O)NCC(C)CCO)cnc12. The standard InChI is InChI=1S/C17H23N3O3/c1-12(7-9-21)10-18-15(22)6-8-20-11-19-16-13(2)4-3-5-14(16)17(20)23/h3-5,11-12,21H,6-10H2,1-2H3,(H,18,22). The molecule has 1 heterocycles. The summed E-state index contributed by atoms with van der Waals surface area (Å²) < 4.78 is 1.47. The molecule has 0 aliphatic carbocycles. The highest BCUT2D eigenvalue weighted by Crippen LogP contribution is 2.11. The first kappa shape index (κ1) is 17.1. The molecule has 6 heteroatoms. The van der Waals surface area contributed by atoms with Gasteiger partial charge in [0.15, 0.2) is 0 Å². The number of aliphatic hydroxyl groups excluding tert-OH is 1. The first-order valence-corrected chi connectivity index (χ1v) is 7.85. The third-order valence-corrected chi connectivity index (χ3v) is 3.90. The van der Waals surface area contributed by atoms with Crippen molar-refractivity contribution in [3.8, 4) is 0 Å². The molecule has 1 atom stereocenters. The van der Waals surface area contributed by atoms with Gasteiger partial charge in [0.2, 0.25) is 5.91 Å². The summed E-state index contributed by atoms with van der Waals surface area (Å²) in [6.07, 6.45) is 2.39. The number of aryl methyl sites for hydroxylation is 2. The minimum atomic E-state index is -0.125. The van der Waals surface area contributed by atoms with Gasteiger partial charge in [-0.25, -0.2) is 4.98 Å². The molecule has 124 valence electrons. The number of aromatic nitrogens is 2. The minimum absolute atomic E-state index is 0.106. The topological polar surface area (TPSA) is 84.2 Å². The molecule has 0 spiro atoms. The van der Waals surface area contributed by atoms with Gasteiger partial charge in [0, 0.05) is 26.1 Å². The molecule has 6 nitrogen and oxygen atoms in total. The van der Waals surface area contributed by atoms with E-state index < -0.39 is 0 Å². The maximum atomic E-state index is 12.4. The number of carbonyl (C=O) groups excluding carboxylic acids is 1. The Bertz CT molecular complexity index is 739. The number of carbonyl (C=O) groups is 1. The molecule has 0 aliphatic rings. The number of para-hydroxylation sites is 1. The van der Waals surface area contributed by atoms with Gasteiger partial charge in [0.05, 0.1) is 17.2 Å². The minimum Gasteiger partial charge on any atom is -0.396 e. The number of hydrogen-bond acceptors (Lipinski definition) is 4. The summed E-state index contributed by atoms with van der Waals surface area (Å²) in [5.41, 5.74) is 1.54. The van der Waals surface area contributed by atoms with E-state index in [0.717, 1.165) is 5.56 Å². The van der Waals surface area contributed by atoms with Gasteiger partial charge in [-0.15, -0.1) is 0 Å². The monoisotopic (exact) mass is 317 g/mol. The van der Waals surface area contributed by atoms with Crippen LogP contribution in [-0.2, 0) is 11.3 Å². The van der Waals surface area contributed by atoms with E-state index in [2.05, 4.69) is 10.3 Å². The van der Waals surface area contributed by atoms with Crippen molar-refractivity contribution in [1.29, 1.82) is 0 Å². The van der Waals surface area contributed by atoms with Gasteiger partial charge >= 0.3 is 0 Å². The summed E-state index contributed by atoms with van der Waals surface area (Å²) in [7, 11) is 0. The summed E-state index contributed by atoms with van der Waals surface area (Å²) in [6.45, 7) is 4.84. The molecule has 1 aromatic heterocycles. The summed E-state index contributed by atoms with van der Waals surface area (Å²) >= 11 is 0. The van der Waals surface area contributed by atoms with E-state index in [1.807, 2.05) is 26.0 Å². The number of nitrogens with zero attached hydrogens (tertiary/aromatic N) is 2. The highest BCUT2D eigenvalue weighted by molar-refractivity contribution is 5.80. The number of nitrogens with one attached hydrogen (secondary N) is 1. The van der Waals surface area contributed by atoms with Crippen LogP contribution >= 0.6 is 0 Å². The lowest BCUT2D eigenvalue weighted by Gasteiger charge is -2.12. The van der Waals surface area contributed by atoms with Crippen molar-refractivity contribution in [2.75, 3.05) is 13.2 Å². The van der Waals surface area contributed by atoms with Crippen molar-refractivity contribution in [1.82, 2.24) is 14.9 Å². The van der Waals surface area contributed by atoms with Gasteiger partial charge in [-0.3, -0.25) is 14.2 Å². The second kappa shape index (κ2) is 7.87. The first-order valence-electron chi connectivity index (χ1n) is 7.85. The molecule has 23 heavy (non-hydrogen) atoms. The molecule has 2 aromatic rings. The lowest BCUT2D eigenvalue weighted by Crippen LogP contribution is -2.30. The summed E-state index contributed by atoms with van der Waals surface area (Å²) in [6, 6.07) is 5.51. The average Bonchev–Trinajstić information content (AvgIpc) is 2.53. The molecule has 1 unspecified atom stereocenters. The van der Waals surface area contributed by atoms with E-state index in [1.54, 1.807) is 6.07 Å². The Morgan fingerprint density at radius 3 is 2.96 bits per heavy atom. The Morgan fingerprint density at radius 2 is 2.22 bits per heavy atom. The molecular weight excluding hydrogens is 294 g/mol. The van der Waals surface area contributed by atoms with E-state index in [9.17, 15) is 9.59 Å². The number of hydrogen-bond donors (Lipinski definition) is 2. The van der Waals surface area contributed by atoms with Crippen molar-refractivity contribution in [2.24, 2.45) is 5.92 Å². The predicted molar refractivity (Wildman–Crippen MR) is 89.2 cm³/mol. The Morgan fingerprint density at radius 1 is 1.43 bits per heavy atom. The quantitative estimate of drug-likeness (QED) is 0.804. The summed E-state index contributed by atoms with van der Waals surface area (Å²) in [5.74, 6) is 0.128. The maximum absolute atomic E-state index is 12.4. The fraction of sp³-hybridized carbons (Fsp3) is 0.471. The molecule has 1 aromatic carbocycles. The van der Waals surface area contributed by atoms with Crippen LogP contribution < -0.4 is 10.9 Å². The van der Waals surface area contributed by atoms with Crippen LogP contribution in [-0.4, -0.2) is 33.7 Å². The molecule has 0 aliphatic heterocycles. The predicted octanol–water partition coefficient (Wildman–Crippen LogP) is 1.23. The molecule has 2 N–H and O–H groups in total. The molecule has 0 saturated heterocycles. The molecule has 1 amide bonds. The van der Waals surface area contributed by atoms with E-state index >= 15 is 0 Å². The Kier molecular flexibility index (Phi) is 5.87. The highest BCUT2D eigenvalue weighted by atomic mass is 16.3. The van der Waals surface area contributed by atoms with Gasteiger partial charge in [-0.1, -0.05) is 19.1 Å². The average molecular weight is 317 g/mol. The third-order valence-electron chi connectivity index (χ3n) is 3.90. The van der Waals surface area contributed by atoms with E-state index in [1.165, 1.54) is 10.9 Å². The second-order valence-electron chi connectivity index (χ2n) is 5.89. The third kappa shape index (κ3) is 4.39. The second-order valence-corrected chi connectivity index (χ2v) is 5.89. The van der Waals surface area contributed by atoms with Crippen molar-refractivity contribution < 1.29 is 9.90 Å². The van der Waals surface area contributed by atoms with Crippen molar-refractivity contribution in [3.05, 3.63) is 40.4 Å². The normalized spacial score (nSPS) is 12.3. The van der Waals surface area contributed by atoms with Gasteiger partial charge in [-0.05, 0) is 30.9 Å². The number of amides is 1. The number of rotatable bonds is 7. The van der Waals surface area contributed by atoms with Gasteiger partial charge in [-0.2, -0.15) is 0 Å². The number of fused-ring (bicyclic) bond motifs is 1. The van der Waals surface area contributed by atoms with Crippen LogP contribution in [0.2, 0.25) is 0 Å². The molecule has 0 radical (unpaired) electrons. The number of benzene rings is 1. The van der Waals surface area contributed by atoms with Crippen LogP contribution in [0.25, 0.3) is 10.9 Å². The van der Waals surface area contributed by atoms with Crippen molar-refractivity contribution >= 4 is 16.8 Å². The largest absolute Gasteiger partial charge is 0.396 e. The van der Waals surface area contributed by atoms with Gasteiger partial charge in [0.1, 0.15) is 0 Å². The molecule has 0 bridgehead atoms. The first-order chi connectivity index (χ1) is 11.0. The molecule has 0 saturated carbocycles. The maximum Gasteiger partial charge on any atom is 0.261 e. The molecular formula is C17H23N3O3. The van der Waals surface area contributed by atoms with E-state index in [4.69, 9.17) is 5.11 Å². The fourth-order valence-corrected chi connectivity index (χ4v) is 2.42. The van der Waals surface area contributed by atoms with E-state index in [-0.39, 0.29) is 30.4 Å². The highest BCUT2D eigenvalue weighted by Gasteiger charge is 2.09. The van der Waals surface area contributed by atoms with Crippen LogP contribution in [0.1, 0.15) is 25.3 Å². The van der Waals surface area contributed by atoms with Crippen LogP contribution in [0.5, 0.6) is 0 Å². The number of aliphatic hydroxyl groups is 1. The smallest absolute Gasteiger partial charge is 0.261 e. The zero-order chi connectivity index (χ0) is 16.8. The zero-order valence-electron chi connectivity index (χ0n) is 13.6. The van der Waals surface area contributed by atoms with Crippen LogP contribution in [0.4, 0.5) is 0 Å². The van der Waals surface area contributed by atoms with Crippen LogP contribution in [0.15, 0.2) is 29.3 Å². The van der Waals surface area contributed by atoms with Gasteiger partial charge < -0.3 is 10.4 Å². The zero-order valence-corrected chi connectivity index (χ0v) is 13.6. The summed E-state index contributed by atoms with van der Waals surface area (Å²) in [5, 5.41) is 12.2. The fourth-order valence-electron chi connectivity index (χ4n) is 2.42. The lowest BCUT2D eigenvalue weighted by atomic mass is 10.1. The Labute approximate surface area is 135 Å². The van der Waals surface area contributed by atoms with E-state index in [0.29, 0.717) is 30.4 Å².